The summed E-state index contributed by atoms with van der Waals surface area (Å²) in [7, 11) is 0. The fraction of sp³-hybridized carbons (Fsp3) is 0.417. The minimum Gasteiger partial charge on any atom is -0.489 e. The Balaban J connectivity index is 1.88. The molecule has 2 atom stereocenters. The lowest BCUT2D eigenvalue weighted by atomic mass is 9.60. The molecule has 0 amide bonds. The normalized spacial score (nSPS) is 22.0. The highest BCUT2D eigenvalue weighted by Gasteiger charge is 2.41. The second-order valence-corrected chi connectivity index (χ2v) is 8.25. The maximum Gasteiger partial charge on any atom is 0.336 e. The molecule has 29 heavy (non-hydrogen) atoms. The Kier molecular flexibility index (Phi) is 5.96. The van der Waals surface area contributed by atoms with Crippen molar-refractivity contribution in [1.82, 2.24) is 0 Å². The van der Waals surface area contributed by atoms with E-state index < -0.39 is 11.6 Å². The average molecular weight is 396 g/mol. The van der Waals surface area contributed by atoms with E-state index in [0.717, 1.165) is 29.4 Å². The average Bonchev–Trinajstić information content (AvgIpc) is 2.65. The standard InChI is InChI=1S/C24H28O5/c1-15(2)19-9-5-16(3)20(24(19,4)12-11-22(25)26)14-28-18-8-6-17-7-10-23(27)29-21(17)13-18/h6-8,10,13,19H,1,5,9,11-12,14H2,2-4H3,(H,25,26)/t19-,24+/m1/s1. The summed E-state index contributed by atoms with van der Waals surface area (Å²) < 4.78 is 11.3. The van der Waals surface area contributed by atoms with Gasteiger partial charge in [0.25, 0.3) is 0 Å². The summed E-state index contributed by atoms with van der Waals surface area (Å²) in [6.45, 7) is 10.8. The van der Waals surface area contributed by atoms with Crippen LogP contribution in [0.1, 0.15) is 46.5 Å². The number of rotatable bonds is 7. The molecular formula is C24H28O5. The Morgan fingerprint density at radius 2 is 2.07 bits per heavy atom. The smallest absolute Gasteiger partial charge is 0.336 e. The van der Waals surface area contributed by atoms with Gasteiger partial charge in [0.15, 0.2) is 0 Å². The molecule has 0 saturated carbocycles. The van der Waals surface area contributed by atoms with E-state index in [4.69, 9.17) is 9.15 Å². The number of benzene rings is 1. The van der Waals surface area contributed by atoms with Gasteiger partial charge in [-0.2, -0.15) is 0 Å². The largest absolute Gasteiger partial charge is 0.489 e. The van der Waals surface area contributed by atoms with Crippen molar-refractivity contribution in [2.75, 3.05) is 6.61 Å². The molecule has 5 heteroatoms. The molecule has 5 nitrogen and oxygen atoms in total. The zero-order chi connectivity index (χ0) is 21.2. The van der Waals surface area contributed by atoms with Crippen LogP contribution in [-0.4, -0.2) is 17.7 Å². The number of hydrogen-bond acceptors (Lipinski definition) is 4. The molecular weight excluding hydrogens is 368 g/mol. The predicted octanol–water partition coefficient (Wildman–Crippen LogP) is 5.35. The molecule has 0 radical (unpaired) electrons. The molecule has 0 saturated heterocycles. The van der Waals surface area contributed by atoms with Crippen molar-refractivity contribution in [2.24, 2.45) is 11.3 Å². The van der Waals surface area contributed by atoms with Crippen LogP contribution in [0.3, 0.4) is 0 Å². The monoisotopic (exact) mass is 396 g/mol. The minimum absolute atomic E-state index is 0.109. The lowest BCUT2D eigenvalue weighted by molar-refractivity contribution is -0.137. The van der Waals surface area contributed by atoms with Crippen molar-refractivity contribution in [3.05, 3.63) is 64.1 Å². The van der Waals surface area contributed by atoms with Crippen LogP contribution in [0.2, 0.25) is 0 Å². The van der Waals surface area contributed by atoms with Crippen LogP contribution in [0, 0.1) is 11.3 Å². The van der Waals surface area contributed by atoms with Crippen molar-refractivity contribution < 1.29 is 19.1 Å². The van der Waals surface area contributed by atoms with Crippen LogP contribution < -0.4 is 10.4 Å². The van der Waals surface area contributed by atoms with Gasteiger partial charge in [0.1, 0.15) is 17.9 Å². The van der Waals surface area contributed by atoms with Crippen LogP contribution in [-0.2, 0) is 4.79 Å². The quantitative estimate of drug-likeness (QED) is 0.504. The Bertz CT molecular complexity index is 1030. The molecule has 154 valence electrons. The molecule has 0 aliphatic heterocycles. The zero-order valence-electron chi connectivity index (χ0n) is 17.3. The van der Waals surface area contributed by atoms with Gasteiger partial charge in [-0.05, 0) is 68.2 Å². The summed E-state index contributed by atoms with van der Waals surface area (Å²) in [5, 5.41) is 10.1. The number of fused-ring (bicyclic) bond motifs is 1. The number of carboxylic acids is 1. The molecule has 0 fully saturated rings. The molecule has 0 bridgehead atoms. The van der Waals surface area contributed by atoms with Gasteiger partial charge in [-0.3, -0.25) is 4.79 Å². The van der Waals surface area contributed by atoms with Crippen molar-refractivity contribution in [1.29, 1.82) is 0 Å². The van der Waals surface area contributed by atoms with E-state index in [1.54, 1.807) is 12.1 Å². The van der Waals surface area contributed by atoms with Crippen LogP contribution in [0.4, 0.5) is 0 Å². The number of carbonyl (C=O) groups is 1. The third-order valence-electron chi connectivity index (χ3n) is 6.21. The molecule has 0 unspecified atom stereocenters. The van der Waals surface area contributed by atoms with Crippen LogP contribution in [0.5, 0.6) is 5.75 Å². The summed E-state index contributed by atoms with van der Waals surface area (Å²) in [4.78, 5) is 22.8. The second-order valence-electron chi connectivity index (χ2n) is 8.25. The fourth-order valence-corrected chi connectivity index (χ4v) is 4.58. The molecule has 0 spiro atoms. The molecule has 1 N–H and O–H groups in total. The summed E-state index contributed by atoms with van der Waals surface area (Å²) >= 11 is 0. The maximum atomic E-state index is 11.5. The molecule has 1 aliphatic rings. The summed E-state index contributed by atoms with van der Waals surface area (Å²) in [5.41, 5.74) is 3.25. The second kappa shape index (κ2) is 8.27. The molecule has 1 aromatic heterocycles. The van der Waals surface area contributed by atoms with E-state index in [-0.39, 0.29) is 17.8 Å². The van der Waals surface area contributed by atoms with E-state index in [1.807, 2.05) is 19.1 Å². The fourth-order valence-electron chi connectivity index (χ4n) is 4.58. The Labute approximate surface area is 170 Å². The summed E-state index contributed by atoms with van der Waals surface area (Å²) in [6, 6.07) is 8.55. The van der Waals surface area contributed by atoms with Gasteiger partial charge in [0.05, 0.1) is 0 Å². The SMILES string of the molecule is C=C(C)[C@H]1CCC(C)=C(COc2ccc3ccc(=O)oc3c2)[C@@]1(C)CCC(=O)O. The van der Waals surface area contributed by atoms with Gasteiger partial charge in [-0.25, -0.2) is 4.79 Å². The summed E-state index contributed by atoms with van der Waals surface area (Å²) in [6.07, 6.45) is 2.58. The first-order valence-corrected chi connectivity index (χ1v) is 9.93. The first-order valence-electron chi connectivity index (χ1n) is 9.93. The van der Waals surface area contributed by atoms with E-state index in [2.05, 4.69) is 20.4 Å². The maximum absolute atomic E-state index is 11.5. The molecule has 2 aromatic rings. The van der Waals surface area contributed by atoms with Gasteiger partial charge < -0.3 is 14.3 Å². The van der Waals surface area contributed by atoms with E-state index in [1.165, 1.54) is 11.6 Å². The van der Waals surface area contributed by atoms with Crippen molar-refractivity contribution in [2.45, 2.75) is 46.5 Å². The summed E-state index contributed by atoms with van der Waals surface area (Å²) in [5.74, 6) is 0.0451. The molecule has 1 aromatic carbocycles. The van der Waals surface area contributed by atoms with Gasteiger partial charge in [-0.15, -0.1) is 0 Å². The van der Waals surface area contributed by atoms with E-state index in [0.29, 0.717) is 24.4 Å². The van der Waals surface area contributed by atoms with Crippen LogP contribution >= 0.6 is 0 Å². The number of carboxylic acid groups (broad SMARTS) is 1. The minimum atomic E-state index is -0.792. The highest BCUT2D eigenvalue weighted by atomic mass is 16.5. The number of ether oxygens (including phenoxy) is 1. The van der Waals surface area contributed by atoms with Crippen molar-refractivity contribution in [3.63, 3.8) is 0 Å². The van der Waals surface area contributed by atoms with Crippen LogP contribution in [0.15, 0.2) is 62.8 Å². The Hall–Kier alpha value is -2.82. The van der Waals surface area contributed by atoms with E-state index >= 15 is 0 Å². The molecule has 1 aliphatic carbocycles. The van der Waals surface area contributed by atoms with Gasteiger partial charge in [-0.1, -0.05) is 24.6 Å². The first-order chi connectivity index (χ1) is 13.7. The Morgan fingerprint density at radius 3 is 2.76 bits per heavy atom. The third kappa shape index (κ3) is 4.44. The highest BCUT2D eigenvalue weighted by molar-refractivity contribution is 5.77. The Morgan fingerprint density at radius 1 is 1.34 bits per heavy atom. The molecule has 1 heterocycles. The molecule has 3 rings (SSSR count). The third-order valence-corrected chi connectivity index (χ3v) is 6.21. The predicted molar refractivity (Wildman–Crippen MR) is 113 cm³/mol. The first kappa shape index (κ1) is 20.9. The van der Waals surface area contributed by atoms with Crippen molar-refractivity contribution in [3.8, 4) is 5.75 Å². The van der Waals surface area contributed by atoms with Crippen molar-refractivity contribution >= 4 is 16.9 Å². The number of aliphatic carboxylic acids is 1. The number of allylic oxidation sites excluding steroid dienone is 2. The number of hydrogen-bond donors (Lipinski definition) is 1. The highest BCUT2D eigenvalue weighted by Crippen LogP contribution is 2.50. The van der Waals surface area contributed by atoms with Gasteiger partial charge >= 0.3 is 11.6 Å². The lowest BCUT2D eigenvalue weighted by Crippen LogP contribution is -2.37. The van der Waals surface area contributed by atoms with E-state index in [9.17, 15) is 14.7 Å². The lowest BCUT2D eigenvalue weighted by Gasteiger charge is -2.45. The topological polar surface area (TPSA) is 76.7 Å². The van der Waals surface area contributed by atoms with Gasteiger partial charge in [0.2, 0.25) is 0 Å². The van der Waals surface area contributed by atoms with Gasteiger partial charge in [0, 0.05) is 23.9 Å². The van der Waals surface area contributed by atoms with Crippen LogP contribution in [0.25, 0.3) is 11.0 Å². The zero-order valence-corrected chi connectivity index (χ0v) is 17.3.